The smallest absolute Gasteiger partial charge is 0.162 e. The van der Waals surface area contributed by atoms with Crippen molar-refractivity contribution in [3.05, 3.63) is 158 Å². The maximum absolute atomic E-state index is 5.24. The second-order valence-electron chi connectivity index (χ2n) is 11.8. The Bertz CT molecular complexity index is 2730. The van der Waals surface area contributed by atoms with Crippen LogP contribution in [0.3, 0.4) is 0 Å². The molecule has 0 amide bonds. The lowest BCUT2D eigenvalue weighted by molar-refractivity contribution is 1.05. The Morgan fingerprint density at radius 1 is 0.391 bits per heavy atom. The maximum atomic E-state index is 5.24. The fourth-order valence-electron chi connectivity index (χ4n) is 7.32. The van der Waals surface area contributed by atoms with Gasteiger partial charge in [-0.25, -0.2) is 9.97 Å². The van der Waals surface area contributed by atoms with Crippen LogP contribution in [0.25, 0.3) is 88.4 Å². The Kier molecular flexibility index (Phi) is 5.25. The first kappa shape index (κ1) is 25.1. The van der Waals surface area contributed by atoms with Gasteiger partial charge in [0, 0.05) is 49.5 Å². The molecule has 0 aliphatic rings. The van der Waals surface area contributed by atoms with Crippen LogP contribution in [0.15, 0.2) is 158 Å². The molecule has 0 aliphatic heterocycles. The van der Waals surface area contributed by atoms with Crippen LogP contribution in [0.2, 0.25) is 0 Å². The van der Waals surface area contributed by atoms with Gasteiger partial charge in [-0.3, -0.25) is 4.57 Å². The van der Waals surface area contributed by atoms with E-state index in [1.54, 1.807) is 0 Å². The molecular formula is C42H26N4. The summed E-state index contributed by atoms with van der Waals surface area (Å²) in [6, 6.07) is 55.8. The molecule has 0 saturated heterocycles. The zero-order chi connectivity index (χ0) is 30.2. The molecule has 0 atom stereocenters. The van der Waals surface area contributed by atoms with Crippen LogP contribution in [0.5, 0.6) is 0 Å². The molecular weight excluding hydrogens is 560 g/mol. The van der Waals surface area contributed by atoms with Gasteiger partial charge >= 0.3 is 0 Å². The van der Waals surface area contributed by atoms with Gasteiger partial charge in [0.25, 0.3) is 0 Å². The monoisotopic (exact) mass is 586 g/mol. The standard InChI is InChI=1S/C42H26N4/c1-3-13-27(14-4-1)33-26-39(44-42(43-33)28-15-5-2-6-16-28)46-36-22-12-9-19-31(36)41-37(46)24-23-32-38-25-29-17-7-10-20-34(29)45(38)35-21-11-8-18-30(35)40(32)41/h1-26H. The minimum atomic E-state index is 0.704. The zero-order valence-corrected chi connectivity index (χ0v) is 24.8. The topological polar surface area (TPSA) is 35.1 Å². The maximum Gasteiger partial charge on any atom is 0.162 e. The summed E-state index contributed by atoms with van der Waals surface area (Å²) in [7, 11) is 0. The molecule has 0 unspecified atom stereocenters. The number of para-hydroxylation sites is 3. The van der Waals surface area contributed by atoms with Gasteiger partial charge in [-0.15, -0.1) is 0 Å². The zero-order valence-electron chi connectivity index (χ0n) is 24.8. The SMILES string of the molecule is c1ccc(-c2cc(-n3c4ccccc4c4c5c6ccccc6n6c7ccccc7cc6c5ccc43)nc(-c3ccccc3)n2)cc1. The summed E-state index contributed by atoms with van der Waals surface area (Å²) >= 11 is 0. The predicted octanol–water partition coefficient (Wildman–Crippen LogP) is 10.6. The van der Waals surface area contributed by atoms with Gasteiger partial charge in [0.1, 0.15) is 5.82 Å². The average Bonchev–Trinajstić information content (AvgIpc) is 3.69. The Morgan fingerprint density at radius 3 is 1.78 bits per heavy atom. The van der Waals surface area contributed by atoms with E-state index >= 15 is 0 Å². The summed E-state index contributed by atoms with van der Waals surface area (Å²) in [5.41, 5.74) is 8.82. The number of benzene rings is 6. The molecule has 0 spiro atoms. The van der Waals surface area contributed by atoms with Crippen LogP contribution in [0, 0.1) is 0 Å². The number of nitrogens with zero attached hydrogens (tertiary/aromatic N) is 4. The highest BCUT2D eigenvalue weighted by atomic mass is 15.1. The van der Waals surface area contributed by atoms with Crippen molar-refractivity contribution in [1.29, 1.82) is 0 Å². The molecule has 4 heterocycles. The van der Waals surface area contributed by atoms with Gasteiger partial charge in [-0.2, -0.15) is 0 Å². The fraction of sp³-hybridized carbons (Fsp3) is 0. The molecule has 46 heavy (non-hydrogen) atoms. The Labute approximate surface area is 264 Å². The Morgan fingerprint density at radius 2 is 1.00 bits per heavy atom. The van der Waals surface area contributed by atoms with Gasteiger partial charge in [0.05, 0.1) is 33.3 Å². The van der Waals surface area contributed by atoms with E-state index in [0.717, 1.165) is 33.7 Å². The predicted molar refractivity (Wildman–Crippen MR) is 191 cm³/mol. The molecule has 6 aromatic carbocycles. The van der Waals surface area contributed by atoms with Gasteiger partial charge in [-0.05, 0) is 30.3 Å². The minimum Gasteiger partial charge on any atom is -0.309 e. The second-order valence-corrected chi connectivity index (χ2v) is 11.8. The number of rotatable bonds is 3. The van der Waals surface area contributed by atoms with Crippen molar-refractivity contribution in [3.63, 3.8) is 0 Å². The molecule has 0 N–H and O–H groups in total. The molecule has 10 rings (SSSR count). The molecule has 4 nitrogen and oxygen atoms in total. The van der Waals surface area contributed by atoms with Gasteiger partial charge < -0.3 is 4.40 Å². The highest BCUT2D eigenvalue weighted by Crippen LogP contribution is 2.42. The summed E-state index contributed by atoms with van der Waals surface area (Å²) in [5.74, 6) is 1.55. The third kappa shape index (κ3) is 3.55. The summed E-state index contributed by atoms with van der Waals surface area (Å²) < 4.78 is 4.74. The average molecular weight is 587 g/mol. The highest BCUT2D eigenvalue weighted by molar-refractivity contribution is 6.31. The van der Waals surface area contributed by atoms with Crippen LogP contribution in [-0.4, -0.2) is 18.9 Å². The largest absolute Gasteiger partial charge is 0.309 e. The highest BCUT2D eigenvalue weighted by Gasteiger charge is 2.21. The van der Waals surface area contributed by atoms with E-state index in [-0.39, 0.29) is 0 Å². The second kappa shape index (κ2) is 9.62. The van der Waals surface area contributed by atoms with E-state index in [1.807, 2.05) is 24.3 Å². The van der Waals surface area contributed by atoms with Crippen LogP contribution < -0.4 is 0 Å². The summed E-state index contributed by atoms with van der Waals surface area (Å²) in [4.78, 5) is 10.3. The van der Waals surface area contributed by atoms with Crippen molar-refractivity contribution >= 4 is 59.9 Å². The van der Waals surface area contributed by atoms with Crippen molar-refractivity contribution in [2.45, 2.75) is 0 Å². The van der Waals surface area contributed by atoms with Crippen LogP contribution >= 0.6 is 0 Å². The third-order valence-electron chi connectivity index (χ3n) is 9.28. The summed E-state index contributed by atoms with van der Waals surface area (Å²) in [6.45, 7) is 0. The number of pyridine rings is 1. The third-order valence-corrected chi connectivity index (χ3v) is 9.28. The van der Waals surface area contributed by atoms with Crippen LogP contribution in [-0.2, 0) is 0 Å². The molecule has 214 valence electrons. The lowest BCUT2D eigenvalue weighted by Crippen LogP contribution is -2.02. The first-order valence-electron chi connectivity index (χ1n) is 15.6. The van der Waals surface area contributed by atoms with Crippen molar-refractivity contribution in [3.8, 4) is 28.5 Å². The quantitative estimate of drug-likeness (QED) is 0.193. The molecule has 4 heteroatoms. The first-order chi connectivity index (χ1) is 22.8. The van der Waals surface area contributed by atoms with E-state index in [0.29, 0.717) is 5.82 Å². The van der Waals surface area contributed by atoms with E-state index in [1.165, 1.54) is 48.9 Å². The van der Waals surface area contributed by atoms with E-state index in [4.69, 9.17) is 9.97 Å². The van der Waals surface area contributed by atoms with E-state index < -0.39 is 0 Å². The summed E-state index contributed by atoms with van der Waals surface area (Å²) in [5, 5.41) is 7.41. The van der Waals surface area contributed by atoms with Crippen molar-refractivity contribution in [1.82, 2.24) is 18.9 Å². The lowest BCUT2D eigenvalue weighted by Gasteiger charge is -2.13. The lowest BCUT2D eigenvalue weighted by atomic mass is 9.99. The van der Waals surface area contributed by atoms with Crippen molar-refractivity contribution < 1.29 is 0 Å². The molecule has 10 aromatic rings. The number of fused-ring (bicyclic) bond motifs is 12. The van der Waals surface area contributed by atoms with Gasteiger partial charge in [0.15, 0.2) is 5.82 Å². The molecule has 0 fully saturated rings. The van der Waals surface area contributed by atoms with Crippen LogP contribution in [0.4, 0.5) is 0 Å². The van der Waals surface area contributed by atoms with E-state index in [2.05, 4.69) is 142 Å². The molecule has 0 bridgehead atoms. The molecule has 4 aromatic heterocycles. The van der Waals surface area contributed by atoms with Crippen molar-refractivity contribution in [2.24, 2.45) is 0 Å². The minimum absolute atomic E-state index is 0.704. The number of hydrogen-bond donors (Lipinski definition) is 0. The first-order valence-corrected chi connectivity index (χ1v) is 15.6. The number of aromatic nitrogens is 4. The van der Waals surface area contributed by atoms with Crippen LogP contribution in [0.1, 0.15) is 0 Å². The van der Waals surface area contributed by atoms with Gasteiger partial charge in [-0.1, -0.05) is 121 Å². The Balaban J connectivity index is 1.37. The fourth-order valence-corrected chi connectivity index (χ4v) is 7.32. The van der Waals surface area contributed by atoms with Gasteiger partial charge in [0.2, 0.25) is 0 Å². The Hall–Kier alpha value is -6.26. The summed E-state index contributed by atoms with van der Waals surface area (Å²) in [6.07, 6.45) is 0. The normalized spacial score (nSPS) is 11.9. The number of hydrogen-bond acceptors (Lipinski definition) is 2. The molecule has 0 saturated carbocycles. The van der Waals surface area contributed by atoms with E-state index in [9.17, 15) is 0 Å². The van der Waals surface area contributed by atoms with Crippen molar-refractivity contribution in [2.75, 3.05) is 0 Å². The molecule has 0 aliphatic carbocycles. The molecule has 0 radical (unpaired) electrons.